The smallest absolute Gasteiger partial charge is 0.663 e. The monoisotopic (exact) mass is 737 g/mol. The predicted molar refractivity (Wildman–Crippen MR) is 182 cm³/mol. The third-order valence-electron chi connectivity index (χ3n) is 7.47. The van der Waals surface area contributed by atoms with Gasteiger partial charge in [0, 0.05) is 0 Å². The Bertz CT molecular complexity index is 1410. The molecule has 2 nitrogen and oxygen atoms in total. The molecule has 0 aliphatic heterocycles. The second-order valence-electron chi connectivity index (χ2n) is 10.0. The van der Waals surface area contributed by atoms with Crippen LogP contribution in [0.2, 0.25) is 0 Å². The number of fused-ring (bicyclic) bond motifs is 2. The molecule has 2 unspecified atom stereocenters. The van der Waals surface area contributed by atoms with Crippen LogP contribution in [0.3, 0.4) is 0 Å². The summed E-state index contributed by atoms with van der Waals surface area (Å²) in [6.45, 7) is 12.1. The number of rotatable bonds is 8. The minimum Gasteiger partial charge on any atom is -0.663 e. The molecule has 0 spiro atoms. The van der Waals surface area contributed by atoms with Crippen LogP contribution in [0.1, 0.15) is 65.4 Å². The van der Waals surface area contributed by atoms with Gasteiger partial charge >= 0.3 is 218 Å². The fraction of sp³-hybridized carbons (Fsp3) is 0.263. The van der Waals surface area contributed by atoms with E-state index in [-0.39, 0.29) is 26.2 Å². The molecule has 42 heavy (non-hydrogen) atoms. The van der Waals surface area contributed by atoms with Gasteiger partial charge in [0.05, 0.1) is 0 Å². The molecule has 4 heteroatoms. The number of benzene rings is 4. The molecule has 4 aromatic rings. The third-order valence-corrected chi connectivity index (χ3v) is 16.4. The van der Waals surface area contributed by atoms with Crippen molar-refractivity contribution >= 4 is 39.1 Å². The van der Waals surface area contributed by atoms with Crippen LogP contribution in [0.5, 0.6) is 0 Å². The summed E-state index contributed by atoms with van der Waals surface area (Å²) >= 11 is -2.34. The van der Waals surface area contributed by atoms with E-state index in [1.165, 1.54) is 27.8 Å². The van der Waals surface area contributed by atoms with E-state index in [1.54, 1.807) is 7.16 Å². The van der Waals surface area contributed by atoms with Crippen molar-refractivity contribution in [1.82, 2.24) is 0 Å². The summed E-state index contributed by atoms with van der Waals surface area (Å²) in [6, 6.07) is 38.4. The van der Waals surface area contributed by atoms with Crippen molar-refractivity contribution in [3.63, 3.8) is 0 Å². The Morgan fingerprint density at radius 2 is 1.00 bits per heavy atom. The molecule has 2 atom stereocenters. The van der Waals surface area contributed by atoms with Gasteiger partial charge in [-0.2, -0.15) is 26.2 Å². The van der Waals surface area contributed by atoms with Crippen molar-refractivity contribution in [3.8, 4) is 0 Å². The van der Waals surface area contributed by atoms with Crippen LogP contribution in [-0.4, -0.2) is 45.9 Å². The van der Waals surface area contributed by atoms with E-state index in [1.807, 2.05) is 27.7 Å². The second kappa shape index (κ2) is 18.6. The molecule has 2 aliphatic rings. The molecule has 0 N–H and O–H groups in total. The van der Waals surface area contributed by atoms with Gasteiger partial charge in [-0.05, 0) is 0 Å². The van der Waals surface area contributed by atoms with Crippen LogP contribution < -0.4 is 7.16 Å². The van der Waals surface area contributed by atoms with Crippen molar-refractivity contribution < 1.29 is 26.2 Å². The summed E-state index contributed by atoms with van der Waals surface area (Å²) in [7, 11) is 0. The van der Waals surface area contributed by atoms with Crippen LogP contribution in [0.4, 0.5) is 0 Å². The molecule has 0 fully saturated rings. The fourth-order valence-electron chi connectivity index (χ4n) is 5.60. The molecule has 4 aromatic carbocycles. The van der Waals surface area contributed by atoms with Gasteiger partial charge < -0.3 is 10.6 Å². The number of allylic oxidation sites excluding steroid dienone is 2. The van der Waals surface area contributed by atoms with Gasteiger partial charge in [-0.15, -0.1) is 0 Å². The van der Waals surface area contributed by atoms with Crippen molar-refractivity contribution in [2.24, 2.45) is 0 Å². The maximum atomic E-state index is 3.97. The van der Waals surface area contributed by atoms with Gasteiger partial charge in [-0.3, -0.25) is 0 Å². The first-order valence-electron chi connectivity index (χ1n) is 15.1. The normalized spacial score (nSPS) is 15.5. The Labute approximate surface area is 280 Å². The first-order chi connectivity index (χ1) is 20.2. The Morgan fingerprint density at radius 1 is 0.524 bits per heavy atom. The maximum Gasteiger partial charge on any atom is 2.00 e. The number of hydrogen-bond donors (Lipinski definition) is 0. The Morgan fingerprint density at radius 3 is 1.60 bits per heavy atom. The molecule has 0 saturated heterocycles. The van der Waals surface area contributed by atoms with E-state index in [0.29, 0.717) is 9.85 Å². The zero-order valence-electron chi connectivity index (χ0n) is 25.5. The fourth-order valence-corrected chi connectivity index (χ4v) is 14.9. The van der Waals surface area contributed by atoms with Gasteiger partial charge in [0.15, 0.2) is 0 Å². The average Bonchev–Trinajstić information content (AvgIpc) is 3.65. The largest absolute Gasteiger partial charge is 2.00 e. The van der Waals surface area contributed by atoms with Gasteiger partial charge in [0.25, 0.3) is 0 Å². The topological polar surface area (TPSA) is 28.2 Å². The van der Waals surface area contributed by atoms with E-state index in [4.69, 9.17) is 0 Å². The van der Waals surface area contributed by atoms with E-state index in [2.05, 4.69) is 138 Å². The van der Waals surface area contributed by atoms with Crippen molar-refractivity contribution in [2.45, 2.75) is 37.5 Å². The molecule has 6 rings (SSSR count). The summed E-state index contributed by atoms with van der Waals surface area (Å²) in [6.07, 6.45) is 9.53. The van der Waals surface area contributed by atoms with E-state index < -0.39 is 19.8 Å². The minimum absolute atomic E-state index is 0. The predicted octanol–water partition coefficient (Wildman–Crippen LogP) is 8.60. The second-order valence-corrected chi connectivity index (χ2v) is 17.3. The molecule has 213 valence electrons. The van der Waals surface area contributed by atoms with Crippen LogP contribution in [0, 0.1) is 0 Å². The Balaban J connectivity index is 0.000000384. The van der Waals surface area contributed by atoms with Crippen LogP contribution >= 0.6 is 0 Å². The Hall–Kier alpha value is -2.04. The first kappa shape index (κ1) is 34.5. The SMILES string of the molecule is C1=CC(c2cccc[c]2[Sn]([c]2ccccc2)[CH]2C=Cc3ccccc32)c2ccccc21.CC[N-]CC.CC[N-]CC.[Zr+2]. The van der Waals surface area contributed by atoms with Gasteiger partial charge in [-0.25, -0.2) is 0 Å². The molecule has 0 heterocycles. The quantitative estimate of drug-likeness (QED) is 0.162. The van der Waals surface area contributed by atoms with Crippen LogP contribution in [0.25, 0.3) is 22.8 Å². The summed E-state index contributed by atoms with van der Waals surface area (Å²) in [4.78, 5) is 0. The average molecular weight is 738 g/mol. The zero-order valence-corrected chi connectivity index (χ0v) is 30.8. The van der Waals surface area contributed by atoms with E-state index >= 15 is 0 Å². The van der Waals surface area contributed by atoms with Gasteiger partial charge in [0.2, 0.25) is 0 Å². The van der Waals surface area contributed by atoms with Gasteiger partial charge in [0.1, 0.15) is 0 Å². The first-order valence-corrected chi connectivity index (χ1v) is 19.6. The maximum absolute atomic E-state index is 3.97. The molecular formula is C38H43N2SnZr. The molecule has 0 saturated carbocycles. The molecule has 0 bridgehead atoms. The third kappa shape index (κ3) is 8.76. The van der Waals surface area contributed by atoms with Crippen LogP contribution in [0.15, 0.2) is 115 Å². The summed E-state index contributed by atoms with van der Waals surface area (Å²) in [5, 5.41) is 7.94. The Kier molecular flexibility index (Phi) is 15.2. The van der Waals surface area contributed by atoms with E-state index in [9.17, 15) is 0 Å². The minimum atomic E-state index is -2.34. The van der Waals surface area contributed by atoms with E-state index in [0.717, 1.165) is 26.2 Å². The number of nitrogens with zero attached hydrogens (tertiary/aromatic N) is 2. The molecule has 1 radical (unpaired) electrons. The number of hydrogen-bond acceptors (Lipinski definition) is 0. The molecule has 0 aromatic heterocycles. The van der Waals surface area contributed by atoms with Crippen LogP contribution in [-0.2, 0) is 26.2 Å². The molecule has 2 aliphatic carbocycles. The molecular weight excluding hydrogens is 694 g/mol. The zero-order chi connectivity index (χ0) is 28.9. The summed E-state index contributed by atoms with van der Waals surface area (Å²) in [5.74, 6) is 0.354. The molecule has 0 amide bonds. The van der Waals surface area contributed by atoms with Crippen molar-refractivity contribution in [1.29, 1.82) is 0 Å². The van der Waals surface area contributed by atoms with Crippen molar-refractivity contribution in [2.75, 3.05) is 26.2 Å². The van der Waals surface area contributed by atoms with Gasteiger partial charge in [-0.1, -0.05) is 27.7 Å². The summed E-state index contributed by atoms with van der Waals surface area (Å²) < 4.78 is 3.72. The standard InChI is InChI=1S/C15H11.C9H7.C6H5.2C4H10N.Sn.Zr/c1-2-6-12(7-3-1)15-11-10-13-8-4-5-9-14(13)15;1-2-5-9-7-3-6-8(9)4-1;1-2-4-6-5-3-1;2*1-3-5-4-2;;/h1-6,8-11,15H;1-7H;1-5H;2*3-4H2,1-2H3;;/q;;;2*-1;;+2. The van der Waals surface area contributed by atoms with Crippen molar-refractivity contribution in [3.05, 3.63) is 154 Å². The summed E-state index contributed by atoms with van der Waals surface area (Å²) in [5.41, 5.74) is 7.20.